The van der Waals surface area contributed by atoms with E-state index < -0.39 is 17.7 Å². The second-order valence-electron chi connectivity index (χ2n) is 4.60. The van der Waals surface area contributed by atoms with Gasteiger partial charge in [0, 0.05) is 11.3 Å². The Morgan fingerprint density at radius 3 is 2.26 bits per heavy atom. The highest BCUT2D eigenvalue weighted by Crippen LogP contribution is 2.31. The molecule has 0 saturated carbocycles. The normalized spacial score (nSPS) is 12.8. The van der Waals surface area contributed by atoms with Gasteiger partial charge in [-0.3, -0.25) is 0 Å². The summed E-state index contributed by atoms with van der Waals surface area (Å²) >= 11 is 5.49. The van der Waals surface area contributed by atoms with E-state index in [4.69, 9.17) is 11.6 Å². The van der Waals surface area contributed by atoms with Gasteiger partial charge in [-0.15, -0.1) is 0 Å². The van der Waals surface area contributed by atoms with Gasteiger partial charge in [0.2, 0.25) is 0 Å². The van der Waals surface area contributed by atoms with Crippen LogP contribution in [0.4, 0.5) is 8.78 Å². The average molecular weight is 286 g/mol. The number of aliphatic hydroxyl groups is 1. The second-order valence-corrected chi connectivity index (χ2v) is 5.01. The zero-order valence-corrected chi connectivity index (χ0v) is 11.6. The highest BCUT2D eigenvalue weighted by Gasteiger charge is 2.22. The van der Waals surface area contributed by atoms with Crippen molar-refractivity contribution in [1.29, 1.82) is 0 Å². The van der Waals surface area contributed by atoms with Gasteiger partial charge in [-0.05, 0) is 44.0 Å². The van der Waals surface area contributed by atoms with Crippen LogP contribution in [0.1, 0.15) is 34.2 Å². The van der Waals surface area contributed by atoms with E-state index in [-0.39, 0.29) is 10.6 Å². The van der Waals surface area contributed by atoms with Gasteiger partial charge in [-0.25, -0.2) is 8.78 Å². The van der Waals surface area contributed by atoms with Crippen molar-refractivity contribution in [3.63, 3.8) is 0 Å². The van der Waals surface area contributed by atoms with Crippen molar-refractivity contribution < 1.29 is 13.9 Å². The van der Waals surface area contributed by atoms with Crippen LogP contribution in [0.3, 0.4) is 0 Å². The molecule has 2 aromatic rings. The molecule has 1 heterocycles. The summed E-state index contributed by atoms with van der Waals surface area (Å²) in [4.78, 5) is 3.00. The molecule has 0 aliphatic heterocycles. The van der Waals surface area contributed by atoms with Crippen LogP contribution in [-0.4, -0.2) is 10.1 Å². The molecule has 5 heteroatoms. The van der Waals surface area contributed by atoms with Crippen molar-refractivity contribution in [1.82, 2.24) is 4.98 Å². The fraction of sp³-hybridized carbons (Fsp3) is 0.286. The number of H-pyrrole nitrogens is 1. The molecule has 0 bridgehead atoms. The number of rotatable bonds is 2. The molecule has 0 aliphatic rings. The Hall–Kier alpha value is -1.39. The molecule has 2 N–H and O–H groups in total. The van der Waals surface area contributed by atoms with Gasteiger partial charge in [0.15, 0.2) is 0 Å². The van der Waals surface area contributed by atoms with E-state index in [2.05, 4.69) is 4.98 Å². The number of hydrogen-bond acceptors (Lipinski definition) is 1. The quantitative estimate of drug-likeness (QED) is 0.805. The molecule has 2 nitrogen and oxygen atoms in total. The molecule has 0 saturated heterocycles. The molecule has 1 unspecified atom stereocenters. The molecule has 1 aromatic carbocycles. The third-order valence-corrected chi connectivity index (χ3v) is 3.75. The predicted molar refractivity (Wildman–Crippen MR) is 70.4 cm³/mol. The summed E-state index contributed by atoms with van der Waals surface area (Å²) in [5.74, 6) is -1.49. The van der Waals surface area contributed by atoms with Crippen LogP contribution in [0.15, 0.2) is 12.1 Å². The molecule has 0 fully saturated rings. The highest BCUT2D eigenvalue weighted by molar-refractivity contribution is 6.30. The summed E-state index contributed by atoms with van der Waals surface area (Å²) in [6.07, 6.45) is -1.25. The van der Waals surface area contributed by atoms with Gasteiger partial charge in [-0.1, -0.05) is 11.6 Å². The SMILES string of the molecule is Cc1[nH]c(C(O)c2cc(F)c(Cl)cc2F)c(C)c1C. The number of aromatic amines is 1. The lowest BCUT2D eigenvalue weighted by molar-refractivity contribution is 0.209. The van der Waals surface area contributed by atoms with Gasteiger partial charge in [-0.2, -0.15) is 0 Å². The number of aromatic nitrogens is 1. The maximum atomic E-state index is 13.8. The van der Waals surface area contributed by atoms with Crippen molar-refractivity contribution in [3.05, 3.63) is 56.9 Å². The first kappa shape index (κ1) is 14.0. The van der Waals surface area contributed by atoms with E-state index in [0.29, 0.717) is 5.69 Å². The summed E-state index contributed by atoms with van der Waals surface area (Å²) < 4.78 is 27.2. The molecule has 0 aliphatic carbocycles. The third kappa shape index (κ3) is 2.38. The fourth-order valence-corrected chi connectivity index (χ4v) is 2.20. The van der Waals surface area contributed by atoms with E-state index in [1.54, 1.807) is 0 Å². The zero-order chi connectivity index (χ0) is 14.3. The predicted octanol–water partition coefficient (Wildman–Crippen LogP) is 3.95. The van der Waals surface area contributed by atoms with Crippen molar-refractivity contribution in [2.45, 2.75) is 26.9 Å². The molecule has 0 radical (unpaired) electrons. The average Bonchev–Trinajstić information content (AvgIpc) is 2.61. The topological polar surface area (TPSA) is 36.0 Å². The highest BCUT2D eigenvalue weighted by atomic mass is 35.5. The first-order valence-electron chi connectivity index (χ1n) is 5.81. The molecular formula is C14H14ClF2NO. The largest absolute Gasteiger partial charge is 0.382 e. The number of hydrogen-bond donors (Lipinski definition) is 2. The Morgan fingerprint density at radius 1 is 1.11 bits per heavy atom. The van der Waals surface area contributed by atoms with Crippen LogP contribution in [0.2, 0.25) is 5.02 Å². The summed E-state index contributed by atoms with van der Waals surface area (Å²) in [7, 11) is 0. The van der Waals surface area contributed by atoms with Gasteiger partial charge in [0.25, 0.3) is 0 Å². The lowest BCUT2D eigenvalue weighted by Gasteiger charge is -2.13. The number of aliphatic hydroxyl groups excluding tert-OH is 1. The van der Waals surface area contributed by atoms with Crippen LogP contribution >= 0.6 is 11.6 Å². The number of halogens is 3. The summed E-state index contributed by atoms with van der Waals surface area (Å²) in [6, 6.07) is 1.79. The van der Waals surface area contributed by atoms with Crippen LogP contribution in [-0.2, 0) is 0 Å². The molecule has 0 amide bonds. The standard InChI is InChI=1S/C14H14ClF2NO/c1-6-7(2)13(18-8(6)3)14(19)9-4-12(17)10(15)5-11(9)16/h4-5,14,18-19H,1-3H3. The van der Waals surface area contributed by atoms with Crippen molar-refractivity contribution in [2.75, 3.05) is 0 Å². The molecule has 0 spiro atoms. The van der Waals surface area contributed by atoms with E-state index in [9.17, 15) is 13.9 Å². The Bertz CT molecular complexity index is 637. The molecule has 102 valence electrons. The van der Waals surface area contributed by atoms with Crippen molar-refractivity contribution in [3.8, 4) is 0 Å². The molecule has 2 rings (SSSR count). The minimum Gasteiger partial charge on any atom is -0.382 e. The minimum absolute atomic E-state index is 0.133. The summed E-state index contributed by atoms with van der Waals surface area (Å²) in [5.41, 5.74) is 3.05. The maximum Gasteiger partial charge on any atom is 0.142 e. The van der Waals surface area contributed by atoms with E-state index >= 15 is 0 Å². The summed E-state index contributed by atoms with van der Waals surface area (Å²) in [6.45, 7) is 5.58. The summed E-state index contributed by atoms with van der Waals surface area (Å²) in [5, 5.41) is 9.92. The van der Waals surface area contributed by atoms with E-state index in [0.717, 1.165) is 29.0 Å². The van der Waals surface area contributed by atoms with Crippen LogP contribution < -0.4 is 0 Å². The van der Waals surface area contributed by atoms with Crippen molar-refractivity contribution >= 4 is 11.6 Å². The minimum atomic E-state index is -1.25. The molecule has 19 heavy (non-hydrogen) atoms. The lowest BCUT2D eigenvalue weighted by atomic mass is 10.0. The smallest absolute Gasteiger partial charge is 0.142 e. The monoisotopic (exact) mass is 285 g/mol. The van der Waals surface area contributed by atoms with Crippen LogP contribution in [0.5, 0.6) is 0 Å². The van der Waals surface area contributed by atoms with Crippen molar-refractivity contribution in [2.24, 2.45) is 0 Å². The third-order valence-electron chi connectivity index (χ3n) is 3.46. The van der Waals surface area contributed by atoms with E-state index in [1.165, 1.54) is 0 Å². The van der Waals surface area contributed by atoms with Crippen LogP contribution in [0, 0.1) is 32.4 Å². The number of aryl methyl sites for hydroxylation is 1. The van der Waals surface area contributed by atoms with Gasteiger partial charge in [0.1, 0.15) is 17.7 Å². The lowest BCUT2D eigenvalue weighted by Crippen LogP contribution is -2.05. The van der Waals surface area contributed by atoms with E-state index in [1.807, 2.05) is 20.8 Å². The molecule has 1 atom stereocenters. The van der Waals surface area contributed by atoms with Crippen LogP contribution in [0.25, 0.3) is 0 Å². The fourth-order valence-electron chi connectivity index (χ4n) is 2.05. The Balaban J connectivity index is 2.52. The molecule has 1 aromatic heterocycles. The number of nitrogens with one attached hydrogen (secondary N) is 1. The Labute approximate surface area is 115 Å². The zero-order valence-electron chi connectivity index (χ0n) is 10.8. The maximum absolute atomic E-state index is 13.8. The van der Waals surface area contributed by atoms with Gasteiger partial charge in [0.05, 0.1) is 10.7 Å². The molecular weight excluding hydrogens is 272 g/mol. The van der Waals surface area contributed by atoms with Gasteiger partial charge < -0.3 is 10.1 Å². The Kier molecular flexibility index (Phi) is 3.65. The number of benzene rings is 1. The van der Waals surface area contributed by atoms with Gasteiger partial charge >= 0.3 is 0 Å². The first-order chi connectivity index (χ1) is 8.82. The second kappa shape index (κ2) is 4.94. The first-order valence-corrected chi connectivity index (χ1v) is 6.19. The Morgan fingerprint density at radius 2 is 1.74 bits per heavy atom.